The van der Waals surface area contributed by atoms with Crippen molar-refractivity contribution in [1.82, 2.24) is 0 Å². The van der Waals surface area contributed by atoms with Crippen molar-refractivity contribution in [3.8, 4) is 5.75 Å². The Kier molecular flexibility index (Phi) is 4.63. The van der Waals surface area contributed by atoms with Gasteiger partial charge < -0.3 is 19.9 Å². The number of aliphatic hydroxyl groups is 1. The first-order valence-electron chi connectivity index (χ1n) is 6.46. The smallest absolute Gasteiger partial charge is 0.223 e. The van der Waals surface area contributed by atoms with E-state index in [1.54, 1.807) is 14.2 Å². The molecule has 0 aromatic heterocycles. The normalized spacial score (nSPS) is 17.2. The van der Waals surface area contributed by atoms with Gasteiger partial charge in [-0.15, -0.1) is 0 Å². The molecular formula is C14H20N2O3. The van der Waals surface area contributed by atoms with E-state index in [4.69, 9.17) is 14.6 Å². The molecule has 0 bridgehead atoms. The second kappa shape index (κ2) is 6.43. The van der Waals surface area contributed by atoms with Gasteiger partial charge in [0.15, 0.2) is 0 Å². The van der Waals surface area contributed by atoms with Crippen LogP contribution in [0.25, 0.3) is 0 Å². The SMILES string of the molecule is COC1=NC(CCCCO)Nc2cccc(OC)c21. The van der Waals surface area contributed by atoms with Gasteiger partial charge in [0.25, 0.3) is 0 Å². The number of hydrogen-bond donors (Lipinski definition) is 2. The highest BCUT2D eigenvalue weighted by atomic mass is 16.5. The van der Waals surface area contributed by atoms with Gasteiger partial charge in [-0.2, -0.15) is 0 Å². The van der Waals surface area contributed by atoms with Crippen molar-refractivity contribution >= 4 is 11.6 Å². The number of unbranched alkanes of at least 4 members (excludes halogenated alkanes) is 1. The standard InChI is InChI=1S/C14H20N2O3/c1-18-11-7-5-6-10-13(11)14(19-2)16-12(15-10)8-3-4-9-17/h5-7,12,15,17H,3-4,8-9H2,1-2H3. The van der Waals surface area contributed by atoms with E-state index < -0.39 is 0 Å². The molecule has 1 heterocycles. The number of nitrogens with one attached hydrogen (secondary N) is 1. The number of rotatable bonds is 5. The maximum Gasteiger partial charge on any atom is 0.223 e. The van der Waals surface area contributed by atoms with Crippen LogP contribution in [-0.2, 0) is 4.74 Å². The molecule has 1 aromatic rings. The second-order valence-electron chi connectivity index (χ2n) is 4.40. The third kappa shape index (κ3) is 2.98. The summed E-state index contributed by atoms with van der Waals surface area (Å²) < 4.78 is 10.7. The van der Waals surface area contributed by atoms with Crippen LogP contribution in [0.3, 0.4) is 0 Å². The van der Waals surface area contributed by atoms with Crippen molar-refractivity contribution in [2.75, 3.05) is 26.1 Å². The summed E-state index contributed by atoms with van der Waals surface area (Å²) >= 11 is 0. The Morgan fingerprint density at radius 1 is 1.26 bits per heavy atom. The minimum absolute atomic E-state index is 0.0129. The number of hydrogen-bond acceptors (Lipinski definition) is 5. The molecule has 1 atom stereocenters. The van der Waals surface area contributed by atoms with Crippen LogP contribution in [0.2, 0.25) is 0 Å². The van der Waals surface area contributed by atoms with E-state index in [9.17, 15) is 0 Å². The van der Waals surface area contributed by atoms with Gasteiger partial charge in [-0.1, -0.05) is 6.07 Å². The Hall–Kier alpha value is -1.75. The number of aliphatic hydroxyl groups excluding tert-OH is 1. The van der Waals surface area contributed by atoms with Gasteiger partial charge in [-0.05, 0) is 31.4 Å². The monoisotopic (exact) mass is 264 g/mol. The third-order valence-electron chi connectivity index (χ3n) is 3.13. The maximum absolute atomic E-state index is 8.82. The van der Waals surface area contributed by atoms with Gasteiger partial charge in [0.1, 0.15) is 17.5 Å². The molecule has 2 N–H and O–H groups in total. The fourth-order valence-electron chi connectivity index (χ4n) is 2.20. The zero-order valence-electron chi connectivity index (χ0n) is 11.3. The van der Waals surface area contributed by atoms with E-state index in [1.807, 2.05) is 18.2 Å². The molecule has 1 unspecified atom stereocenters. The summed E-state index contributed by atoms with van der Waals surface area (Å²) in [6, 6.07) is 5.82. The Balaban J connectivity index is 2.22. The molecule has 0 saturated carbocycles. The first-order chi connectivity index (χ1) is 9.30. The van der Waals surface area contributed by atoms with Crippen molar-refractivity contribution in [1.29, 1.82) is 0 Å². The summed E-state index contributed by atoms with van der Waals surface area (Å²) in [5, 5.41) is 12.2. The van der Waals surface area contributed by atoms with Crippen LogP contribution in [0.5, 0.6) is 5.75 Å². The zero-order valence-corrected chi connectivity index (χ0v) is 11.3. The first-order valence-corrected chi connectivity index (χ1v) is 6.46. The van der Waals surface area contributed by atoms with Gasteiger partial charge in [0, 0.05) is 6.61 Å². The van der Waals surface area contributed by atoms with E-state index in [0.717, 1.165) is 36.3 Å². The number of fused-ring (bicyclic) bond motifs is 1. The fourth-order valence-corrected chi connectivity index (χ4v) is 2.20. The molecule has 1 aliphatic rings. The number of nitrogens with zero attached hydrogens (tertiary/aromatic N) is 1. The minimum Gasteiger partial charge on any atom is -0.496 e. The predicted octanol–water partition coefficient (Wildman–Crippen LogP) is 2.00. The number of methoxy groups -OCH3 is 2. The summed E-state index contributed by atoms with van der Waals surface area (Å²) in [5.74, 6) is 1.35. The molecule has 5 heteroatoms. The van der Waals surface area contributed by atoms with Crippen LogP contribution in [0, 0.1) is 0 Å². The second-order valence-corrected chi connectivity index (χ2v) is 4.40. The Labute approximate surface area is 113 Å². The van der Waals surface area contributed by atoms with E-state index in [-0.39, 0.29) is 12.8 Å². The van der Waals surface area contributed by atoms with Crippen molar-refractivity contribution in [2.24, 2.45) is 4.99 Å². The molecule has 5 nitrogen and oxygen atoms in total. The van der Waals surface area contributed by atoms with Crippen LogP contribution in [0.1, 0.15) is 24.8 Å². The average molecular weight is 264 g/mol. The quantitative estimate of drug-likeness (QED) is 0.798. The van der Waals surface area contributed by atoms with Crippen LogP contribution in [0.15, 0.2) is 23.2 Å². The van der Waals surface area contributed by atoms with Gasteiger partial charge in [-0.25, -0.2) is 4.99 Å². The molecule has 0 fully saturated rings. The predicted molar refractivity (Wildman–Crippen MR) is 74.9 cm³/mol. The fraction of sp³-hybridized carbons (Fsp3) is 0.500. The molecule has 2 rings (SSSR count). The van der Waals surface area contributed by atoms with E-state index in [0.29, 0.717) is 5.90 Å². The average Bonchev–Trinajstić information content (AvgIpc) is 2.45. The molecule has 0 saturated heterocycles. The lowest BCUT2D eigenvalue weighted by atomic mass is 10.1. The molecule has 1 aliphatic heterocycles. The Bertz CT molecular complexity index is 460. The molecule has 0 radical (unpaired) electrons. The van der Waals surface area contributed by atoms with E-state index in [1.165, 1.54) is 0 Å². The van der Waals surface area contributed by atoms with Crippen molar-refractivity contribution in [2.45, 2.75) is 25.4 Å². The molecule has 0 amide bonds. The van der Waals surface area contributed by atoms with Gasteiger partial charge in [0.2, 0.25) is 5.90 Å². The van der Waals surface area contributed by atoms with E-state index in [2.05, 4.69) is 10.3 Å². The molecule has 104 valence electrons. The zero-order chi connectivity index (χ0) is 13.7. The van der Waals surface area contributed by atoms with Crippen molar-refractivity contribution in [3.63, 3.8) is 0 Å². The molecule has 0 spiro atoms. The maximum atomic E-state index is 8.82. The number of ether oxygens (including phenoxy) is 2. The third-order valence-corrected chi connectivity index (χ3v) is 3.13. The summed E-state index contributed by atoms with van der Waals surface area (Å²) in [5.41, 5.74) is 1.84. The van der Waals surface area contributed by atoms with Gasteiger partial charge >= 0.3 is 0 Å². The molecule has 0 aliphatic carbocycles. The van der Waals surface area contributed by atoms with Crippen LogP contribution in [-0.4, -0.2) is 38.0 Å². The summed E-state index contributed by atoms with van der Waals surface area (Å²) in [4.78, 5) is 4.54. The summed E-state index contributed by atoms with van der Waals surface area (Å²) in [7, 11) is 3.25. The largest absolute Gasteiger partial charge is 0.496 e. The number of benzene rings is 1. The lowest BCUT2D eigenvalue weighted by Crippen LogP contribution is -2.27. The highest BCUT2D eigenvalue weighted by Gasteiger charge is 2.23. The molecular weight excluding hydrogens is 244 g/mol. The lowest BCUT2D eigenvalue weighted by molar-refractivity contribution is 0.281. The van der Waals surface area contributed by atoms with Crippen molar-refractivity contribution < 1.29 is 14.6 Å². The first kappa shape index (κ1) is 13.7. The lowest BCUT2D eigenvalue weighted by Gasteiger charge is -2.25. The molecule has 19 heavy (non-hydrogen) atoms. The molecule has 1 aromatic carbocycles. The van der Waals surface area contributed by atoms with Gasteiger partial charge in [0.05, 0.1) is 19.9 Å². The van der Waals surface area contributed by atoms with Crippen LogP contribution < -0.4 is 10.1 Å². The van der Waals surface area contributed by atoms with E-state index >= 15 is 0 Å². The highest BCUT2D eigenvalue weighted by Crippen LogP contribution is 2.31. The number of anilines is 1. The van der Waals surface area contributed by atoms with Crippen molar-refractivity contribution in [3.05, 3.63) is 23.8 Å². The number of aliphatic imine (C=N–C) groups is 1. The topological polar surface area (TPSA) is 63.1 Å². The van der Waals surface area contributed by atoms with Crippen LogP contribution in [0.4, 0.5) is 5.69 Å². The minimum atomic E-state index is -0.0129. The Morgan fingerprint density at radius 2 is 2.11 bits per heavy atom. The summed E-state index contributed by atoms with van der Waals surface area (Å²) in [6.45, 7) is 0.220. The van der Waals surface area contributed by atoms with Gasteiger partial charge in [-0.3, -0.25) is 0 Å². The van der Waals surface area contributed by atoms with Crippen LogP contribution >= 0.6 is 0 Å². The Morgan fingerprint density at radius 3 is 2.79 bits per heavy atom. The summed E-state index contributed by atoms with van der Waals surface area (Å²) in [6.07, 6.45) is 2.57. The highest BCUT2D eigenvalue weighted by molar-refractivity contribution is 6.03.